The van der Waals surface area contributed by atoms with Gasteiger partial charge < -0.3 is 10.2 Å². The van der Waals surface area contributed by atoms with Crippen molar-refractivity contribution in [1.82, 2.24) is 10.2 Å². The largest absolute Gasteiger partial charge is 0.354 e. The molecular formula is C11H20N2O2. The summed E-state index contributed by atoms with van der Waals surface area (Å²) in [6, 6.07) is 0. The van der Waals surface area contributed by atoms with Gasteiger partial charge in [-0.3, -0.25) is 9.59 Å². The van der Waals surface area contributed by atoms with Crippen molar-refractivity contribution < 1.29 is 9.59 Å². The lowest BCUT2D eigenvalue weighted by molar-refractivity contribution is -0.143. The molecule has 1 saturated heterocycles. The summed E-state index contributed by atoms with van der Waals surface area (Å²) >= 11 is 0. The van der Waals surface area contributed by atoms with Gasteiger partial charge in [0.05, 0.1) is 6.54 Å². The van der Waals surface area contributed by atoms with E-state index in [0.717, 1.165) is 12.8 Å². The Morgan fingerprint density at radius 1 is 1.53 bits per heavy atom. The summed E-state index contributed by atoms with van der Waals surface area (Å²) in [6.45, 7) is 7.42. The van der Waals surface area contributed by atoms with Crippen LogP contribution < -0.4 is 5.32 Å². The maximum atomic E-state index is 12.1. The van der Waals surface area contributed by atoms with Gasteiger partial charge in [-0.1, -0.05) is 20.8 Å². The monoisotopic (exact) mass is 212 g/mol. The number of hydrogen-bond acceptors (Lipinski definition) is 2. The van der Waals surface area contributed by atoms with Crippen LogP contribution in [0.5, 0.6) is 0 Å². The van der Waals surface area contributed by atoms with Gasteiger partial charge in [-0.25, -0.2) is 0 Å². The van der Waals surface area contributed by atoms with Crippen molar-refractivity contribution in [3.8, 4) is 0 Å². The molecule has 1 aliphatic rings. The van der Waals surface area contributed by atoms with Crippen LogP contribution in [0.4, 0.5) is 0 Å². The topological polar surface area (TPSA) is 49.4 Å². The Bertz CT molecular complexity index is 261. The van der Waals surface area contributed by atoms with E-state index in [1.54, 1.807) is 4.90 Å². The average Bonchev–Trinajstić information content (AvgIpc) is 2.41. The van der Waals surface area contributed by atoms with Crippen molar-refractivity contribution in [3.05, 3.63) is 0 Å². The standard InChI is InChI=1S/C11H20N2O2/c1-4-11(2,3)10(15)13-7-5-6-12-9(14)8-13/h4-8H2,1-3H3,(H,12,14). The zero-order valence-electron chi connectivity index (χ0n) is 9.80. The molecule has 4 heteroatoms. The van der Waals surface area contributed by atoms with Crippen LogP contribution in [0.3, 0.4) is 0 Å². The van der Waals surface area contributed by atoms with Gasteiger partial charge in [0.2, 0.25) is 11.8 Å². The number of nitrogens with one attached hydrogen (secondary N) is 1. The second-order valence-corrected chi connectivity index (χ2v) is 4.67. The van der Waals surface area contributed by atoms with Gasteiger partial charge in [0.15, 0.2) is 0 Å². The molecule has 0 spiro atoms. The first-order valence-corrected chi connectivity index (χ1v) is 5.53. The Kier molecular flexibility index (Phi) is 3.72. The van der Waals surface area contributed by atoms with Crippen molar-refractivity contribution in [3.63, 3.8) is 0 Å². The highest BCUT2D eigenvalue weighted by atomic mass is 16.2. The van der Waals surface area contributed by atoms with Crippen LogP contribution in [0.2, 0.25) is 0 Å². The Hall–Kier alpha value is -1.06. The Morgan fingerprint density at radius 3 is 2.80 bits per heavy atom. The van der Waals surface area contributed by atoms with Crippen LogP contribution in [-0.4, -0.2) is 36.3 Å². The number of carbonyl (C=O) groups is 2. The van der Waals surface area contributed by atoms with Gasteiger partial charge in [-0.2, -0.15) is 0 Å². The predicted octanol–water partition coefficient (Wildman–Crippen LogP) is 0.771. The first-order chi connectivity index (χ1) is 6.97. The minimum absolute atomic E-state index is 0.0484. The molecule has 0 aliphatic carbocycles. The molecule has 0 atom stereocenters. The molecule has 0 radical (unpaired) electrons. The van der Waals surface area contributed by atoms with E-state index in [1.807, 2.05) is 20.8 Å². The van der Waals surface area contributed by atoms with E-state index in [4.69, 9.17) is 0 Å². The second kappa shape index (κ2) is 4.64. The molecular weight excluding hydrogens is 192 g/mol. The fraction of sp³-hybridized carbons (Fsp3) is 0.818. The molecule has 1 aliphatic heterocycles. The van der Waals surface area contributed by atoms with E-state index in [9.17, 15) is 9.59 Å². The minimum Gasteiger partial charge on any atom is -0.354 e. The molecule has 0 bridgehead atoms. The molecule has 1 fully saturated rings. The average molecular weight is 212 g/mol. The van der Waals surface area contributed by atoms with Crippen LogP contribution >= 0.6 is 0 Å². The maximum absolute atomic E-state index is 12.1. The highest BCUT2D eigenvalue weighted by Gasteiger charge is 2.31. The van der Waals surface area contributed by atoms with E-state index < -0.39 is 0 Å². The molecule has 0 unspecified atom stereocenters. The van der Waals surface area contributed by atoms with Gasteiger partial charge in [-0.15, -0.1) is 0 Å². The Balaban J connectivity index is 2.69. The fourth-order valence-corrected chi connectivity index (χ4v) is 1.56. The van der Waals surface area contributed by atoms with Crippen molar-refractivity contribution in [1.29, 1.82) is 0 Å². The van der Waals surface area contributed by atoms with Gasteiger partial charge in [0, 0.05) is 18.5 Å². The SMILES string of the molecule is CCC(C)(C)C(=O)N1CCCNC(=O)C1. The molecule has 15 heavy (non-hydrogen) atoms. The normalized spacial score (nSPS) is 18.3. The molecule has 0 aromatic heterocycles. The summed E-state index contributed by atoms with van der Waals surface area (Å²) in [5, 5.41) is 2.77. The quantitative estimate of drug-likeness (QED) is 0.735. The van der Waals surface area contributed by atoms with Crippen molar-refractivity contribution >= 4 is 11.8 Å². The van der Waals surface area contributed by atoms with Crippen LogP contribution in [0, 0.1) is 5.41 Å². The Morgan fingerprint density at radius 2 is 2.20 bits per heavy atom. The highest BCUT2D eigenvalue weighted by molar-refractivity contribution is 5.87. The minimum atomic E-state index is -0.357. The fourth-order valence-electron chi connectivity index (χ4n) is 1.56. The van der Waals surface area contributed by atoms with E-state index in [1.165, 1.54) is 0 Å². The number of rotatable bonds is 2. The zero-order chi connectivity index (χ0) is 11.5. The smallest absolute Gasteiger partial charge is 0.239 e. The third-order valence-electron chi connectivity index (χ3n) is 3.01. The summed E-state index contributed by atoms with van der Waals surface area (Å²) in [7, 11) is 0. The first kappa shape index (κ1) is 12.0. The molecule has 0 aromatic rings. The zero-order valence-corrected chi connectivity index (χ0v) is 9.80. The third kappa shape index (κ3) is 2.94. The number of carbonyl (C=O) groups excluding carboxylic acids is 2. The van der Waals surface area contributed by atoms with Gasteiger partial charge in [-0.05, 0) is 12.8 Å². The van der Waals surface area contributed by atoms with E-state index in [0.29, 0.717) is 13.1 Å². The maximum Gasteiger partial charge on any atom is 0.239 e. The predicted molar refractivity (Wildman–Crippen MR) is 58.3 cm³/mol. The summed E-state index contributed by atoms with van der Waals surface area (Å²) in [4.78, 5) is 25.1. The summed E-state index contributed by atoms with van der Waals surface area (Å²) in [5.41, 5.74) is -0.357. The van der Waals surface area contributed by atoms with Crippen LogP contribution in [-0.2, 0) is 9.59 Å². The Labute approximate surface area is 91.0 Å². The molecule has 1 N–H and O–H groups in total. The second-order valence-electron chi connectivity index (χ2n) is 4.67. The van der Waals surface area contributed by atoms with E-state index >= 15 is 0 Å². The number of hydrogen-bond donors (Lipinski definition) is 1. The molecule has 1 rings (SSSR count). The molecule has 0 aromatic carbocycles. The lowest BCUT2D eigenvalue weighted by Crippen LogP contribution is -2.44. The summed E-state index contributed by atoms with van der Waals surface area (Å²) < 4.78 is 0. The molecule has 0 saturated carbocycles. The lowest BCUT2D eigenvalue weighted by Gasteiger charge is -2.29. The van der Waals surface area contributed by atoms with Gasteiger partial charge in [0.25, 0.3) is 0 Å². The first-order valence-electron chi connectivity index (χ1n) is 5.53. The highest BCUT2D eigenvalue weighted by Crippen LogP contribution is 2.23. The van der Waals surface area contributed by atoms with Crippen molar-refractivity contribution in [2.75, 3.05) is 19.6 Å². The van der Waals surface area contributed by atoms with Crippen LogP contribution in [0.15, 0.2) is 0 Å². The summed E-state index contributed by atoms with van der Waals surface area (Å²) in [6.07, 6.45) is 1.64. The molecule has 1 heterocycles. The van der Waals surface area contributed by atoms with Gasteiger partial charge >= 0.3 is 0 Å². The number of amides is 2. The molecule has 2 amide bonds. The molecule has 86 valence electrons. The van der Waals surface area contributed by atoms with Crippen LogP contribution in [0.25, 0.3) is 0 Å². The van der Waals surface area contributed by atoms with Crippen molar-refractivity contribution in [2.24, 2.45) is 5.41 Å². The summed E-state index contributed by atoms with van der Waals surface area (Å²) in [5.74, 6) is 0.0369. The van der Waals surface area contributed by atoms with Crippen LogP contribution in [0.1, 0.15) is 33.6 Å². The van der Waals surface area contributed by atoms with Crippen molar-refractivity contribution in [2.45, 2.75) is 33.6 Å². The number of nitrogens with zero attached hydrogens (tertiary/aromatic N) is 1. The van der Waals surface area contributed by atoms with E-state index in [-0.39, 0.29) is 23.8 Å². The molecule has 4 nitrogen and oxygen atoms in total. The van der Waals surface area contributed by atoms with E-state index in [2.05, 4.69) is 5.32 Å². The lowest BCUT2D eigenvalue weighted by atomic mass is 9.88. The third-order valence-corrected chi connectivity index (χ3v) is 3.01. The van der Waals surface area contributed by atoms with Gasteiger partial charge in [0.1, 0.15) is 0 Å².